The maximum atomic E-state index is 12.0. The monoisotopic (exact) mass is 414 g/mol. The lowest BCUT2D eigenvalue weighted by Gasteiger charge is -2.14. The number of nitrogens with one attached hydrogen (secondary N) is 1. The number of ether oxygens (including phenoxy) is 1. The van der Waals surface area contributed by atoms with Crippen LogP contribution in [-0.2, 0) is 20.9 Å². The Morgan fingerprint density at radius 3 is 2.69 bits per heavy atom. The summed E-state index contributed by atoms with van der Waals surface area (Å²) < 4.78 is 12.3. The zero-order valence-corrected chi connectivity index (χ0v) is 17.0. The Hall–Kier alpha value is -3.07. The van der Waals surface area contributed by atoms with Gasteiger partial charge in [0.1, 0.15) is 0 Å². The average Bonchev–Trinajstić information content (AvgIpc) is 3.40. The minimum Gasteiger partial charge on any atom is -0.461 e. The molecular formula is C20H22N4O4S. The number of thioether (sulfide) groups is 1. The molecule has 3 aromatic rings. The highest BCUT2D eigenvalue weighted by molar-refractivity contribution is 7.99. The third kappa shape index (κ3) is 5.47. The highest BCUT2D eigenvalue weighted by atomic mass is 32.2. The van der Waals surface area contributed by atoms with Crippen molar-refractivity contribution in [1.29, 1.82) is 0 Å². The molecule has 152 valence electrons. The first-order chi connectivity index (χ1) is 14.1. The summed E-state index contributed by atoms with van der Waals surface area (Å²) in [5.41, 5.74) is 0.981. The second-order valence-corrected chi connectivity index (χ2v) is 7.12. The van der Waals surface area contributed by atoms with E-state index in [2.05, 4.69) is 15.5 Å². The predicted molar refractivity (Wildman–Crippen MR) is 108 cm³/mol. The molecule has 1 aromatic carbocycles. The fourth-order valence-electron chi connectivity index (χ4n) is 2.69. The lowest BCUT2D eigenvalue weighted by atomic mass is 10.1. The normalized spacial score (nSPS) is 11.8. The number of hydrogen-bond donors (Lipinski definition) is 1. The topological polar surface area (TPSA) is 99.2 Å². The number of aromatic nitrogens is 3. The number of benzene rings is 1. The Morgan fingerprint density at radius 1 is 1.21 bits per heavy atom. The van der Waals surface area contributed by atoms with Crippen LogP contribution in [0.3, 0.4) is 0 Å². The molecule has 0 bridgehead atoms. The van der Waals surface area contributed by atoms with Gasteiger partial charge in [0.15, 0.2) is 23.3 Å². The van der Waals surface area contributed by atoms with Gasteiger partial charge in [-0.1, -0.05) is 42.1 Å². The van der Waals surface area contributed by atoms with Crippen molar-refractivity contribution >= 4 is 23.6 Å². The van der Waals surface area contributed by atoms with Gasteiger partial charge in [-0.05, 0) is 31.5 Å². The van der Waals surface area contributed by atoms with Gasteiger partial charge in [-0.3, -0.25) is 14.2 Å². The van der Waals surface area contributed by atoms with Gasteiger partial charge in [-0.15, -0.1) is 10.2 Å². The van der Waals surface area contributed by atoms with Crippen LogP contribution in [0.5, 0.6) is 0 Å². The number of furan rings is 1. The van der Waals surface area contributed by atoms with E-state index in [1.807, 2.05) is 48.7 Å². The largest absolute Gasteiger partial charge is 0.461 e. The van der Waals surface area contributed by atoms with Crippen LogP contribution in [0.1, 0.15) is 25.5 Å². The highest BCUT2D eigenvalue weighted by Crippen LogP contribution is 2.24. The Morgan fingerprint density at radius 2 is 2.00 bits per heavy atom. The molecule has 0 fully saturated rings. The Labute approximate surface area is 172 Å². The third-order valence-electron chi connectivity index (χ3n) is 4.14. The van der Waals surface area contributed by atoms with Gasteiger partial charge in [-0.25, -0.2) is 0 Å². The quantitative estimate of drug-likeness (QED) is 0.424. The number of rotatable bonds is 9. The molecule has 1 N–H and O–H groups in total. The Kier molecular flexibility index (Phi) is 7.07. The number of esters is 1. The molecule has 0 saturated heterocycles. The summed E-state index contributed by atoms with van der Waals surface area (Å²) in [6.45, 7) is 4.13. The summed E-state index contributed by atoms with van der Waals surface area (Å²) >= 11 is 1.20. The van der Waals surface area contributed by atoms with Gasteiger partial charge in [-0.2, -0.15) is 0 Å². The van der Waals surface area contributed by atoms with Crippen molar-refractivity contribution in [3.63, 3.8) is 0 Å². The summed E-state index contributed by atoms with van der Waals surface area (Å²) in [4.78, 5) is 24.0. The summed E-state index contributed by atoms with van der Waals surface area (Å²) in [5, 5.41) is 11.6. The predicted octanol–water partition coefficient (Wildman–Crippen LogP) is 3.07. The molecule has 3 rings (SSSR count). The fourth-order valence-corrected chi connectivity index (χ4v) is 3.49. The van der Waals surface area contributed by atoms with E-state index in [0.29, 0.717) is 23.3 Å². The molecule has 0 radical (unpaired) electrons. The first-order valence-corrected chi connectivity index (χ1v) is 10.2. The SMILES string of the molecule is CCn1c(SCC(=O)OCC(=O)N[C@@H](C)c2ccccc2)nnc1-c1ccco1. The molecule has 2 aromatic heterocycles. The lowest BCUT2D eigenvalue weighted by Crippen LogP contribution is -2.31. The lowest BCUT2D eigenvalue weighted by molar-refractivity contribution is -0.146. The van der Waals surface area contributed by atoms with E-state index in [1.165, 1.54) is 11.8 Å². The minimum atomic E-state index is -0.497. The van der Waals surface area contributed by atoms with Crippen LogP contribution in [0.15, 0.2) is 58.3 Å². The number of carbonyl (C=O) groups excluding carboxylic acids is 2. The van der Waals surface area contributed by atoms with Crippen molar-refractivity contribution in [2.75, 3.05) is 12.4 Å². The summed E-state index contributed by atoms with van der Waals surface area (Å²) in [7, 11) is 0. The third-order valence-corrected chi connectivity index (χ3v) is 5.08. The van der Waals surface area contributed by atoms with E-state index < -0.39 is 5.97 Å². The minimum absolute atomic E-state index is 0.0256. The number of hydrogen-bond acceptors (Lipinski definition) is 7. The second kappa shape index (κ2) is 9.92. The summed E-state index contributed by atoms with van der Waals surface area (Å²) in [5.74, 6) is 0.387. The van der Waals surface area contributed by atoms with E-state index >= 15 is 0 Å². The van der Waals surface area contributed by atoms with E-state index in [1.54, 1.807) is 18.4 Å². The molecule has 2 heterocycles. The van der Waals surface area contributed by atoms with Gasteiger partial charge in [0.2, 0.25) is 0 Å². The standard InChI is InChI=1S/C20H22N4O4S/c1-3-24-19(16-10-7-11-27-16)22-23-20(24)29-13-18(26)28-12-17(25)21-14(2)15-8-5-4-6-9-15/h4-11,14H,3,12-13H2,1-2H3,(H,21,25)/t14-/m0/s1. The maximum Gasteiger partial charge on any atom is 0.316 e. The molecule has 9 heteroatoms. The van der Waals surface area contributed by atoms with Gasteiger partial charge in [0.05, 0.1) is 18.1 Å². The molecule has 0 aliphatic rings. The molecule has 0 aliphatic heterocycles. The Bertz CT molecular complexity index is 941. The average molecular weight is 414 g/mol. The number of carbonyl (C=O) groups is 2. The molecule has 8 nitrogen and oxygen atoms in total. The fraction of sp³-hybridized carbons (Fsp3) is 0.300. The van der Waals surface area contributed by atoms with Crippen molar-refractivity contribution in [2.24, 2.45) is 0 Å². The summed E-state index contributed by atoms with van der Waals surface area (Å²) in [6, 6.07) is 13.0. The zero-order valence-electron chi connectivity index (χ0n) is 16.2. The smallest absolute Gasteiger partial charge is 0.316 e. The molecule has 0 saturated carbocycles. The van der Waals surface area contributed by atoms with Crippen LogP contribution in [0, 0.1) is 0 Å². The van der Waals surface area contributed by atoms with Gasteiger partial charge < -0.3 is 14.5 Å². The molecule has 0 unspecified atom stereocenters. The zero-order chi connectivity index (χ0) is 20.6. The van der Waals surface area contributed by atoms with E-state index in [4.69, 9.17) is 9.15 Å². The van der Waals surface area contributed by atoms with Crippen molar-refractivity contribution in [2.45, 2.75) is 31.6 Å². The first-order valence-electron chi connectivity index (χ1n) is 9.18. The van der Waals surface area contributed by atoms with Crippen LogP contribution in [0.2, 0.25) is 0 Å². The van der Waals surface area contributed by atoms with Crippen molar-refractivity contribution < 1.29 is 18.7 Å². The van der Waals surface area contributed by atoms with Crippen molar-refractivity contribution in [1.82, 2.24) is 20.1 Å². The van der Waals surface area contributed by atoms with Crippen LogP contribution < -0.4 is 5.32 Å². The molecule has 0 spiro atoms. The van der Waals surface area contributed by atoms with Crippen LogP contribution in [-0.4, -0.2) is 39.0 Å². The van der Waals surface area contributed by atoms with Crippen molar-refractivity contribution in [3.05, 3.63) is 54.3 Å². The van der Waals surface area contributed by atoms with Gasteiger partial charge in [0.25, 0.3) is 5.91 Å². The Balaban J connectivity index is 1.46. The second-order valence-electron chi connectivity index (χ2n) is 6.18. The van der Waals surface area contributed by atoms with Crippen LogP contribution in [0.25, 0.3) is 11.6 Å². The highest BCUT2D eigenvalue weighted by Gasteiger charge is 2.17. The van der Waals surface area contributed by atoms with Gasteiger partial charge in [0, 0.05) is 6.54 Å². The van der Waals surface area contributed by atoms with E-state index in [9.17, 15) is 9.59 Å². The first kappa shape index (κ1) is 20.7. The number of nitrogens with zero attached hydrogens (tertiary/aromatic N) is 3. The molecule has 0 aliphatic carbocycles. The van der Waals surface area contributed by atoms with E-state index in [-0.39, 0.29) is 24.3 Å². The summed E-state index contributed by atoms with van der Waals surface area (Å²) in [6.07, 6.45) is 1.57. The number of amides is 1. The molecule has 29 heavy (non-hydrogen) atoms. The van der Waals surface area contributed by atoms with Crippen LogP contribution >= 0.6 is 11.8 Å². The van der Waals surface area contributed by atoms with Crippen molar-refractivity contribution in [3.8, 4) is 11.6 Å². The molecule has 1 atom stereocenters. The van der Waals surface area contributed by atoms with Gasteiger partial charge >= 0.3 is 5.97 Å². The van der Waals surface area contributed by atoms with Crippen LogP contribution in [0.4, 0.5) is 0 Å². The molecular weight excluding hydrogens is 392 g/mol. The maximum absolute atomic E-state index is 12.0. The molecule has 1 amide bonds. The van der Waals surface area contributed by atoms with E-state index in [0.717, 1.165) is 5.56 Å².